The van der Waals surface area contributed by atoms with Crippen molar-refractivity contribution in [1.29, 1.82) is 0 Å². The van der Waals surface area contributed by atoms with Gasteiger partial charge in [-0.15, -0.1) is 0 Å². The monoisotopic (exact) mass is 663 g/mol. The first-order valence-electron chi connectivity index (χ1n) is 18.1. The second-order valence-corrected chi connectivity index (χ2v) is 13.4. The van der Waals surface area contributed by atoms with Gasteiger partial charge in [0.2, 0.25) is 6.67 Å². The highest BCUT2D eigenvalue weighted by atomic mass is 32.2. The summed E-state index contributed by atoms with van der Waals surface area (Å²) in [5.41, 5.74) is 0. The first-order chi connectivity index (χ1) is 22.7. The smallest absolute Gasteiger partial charge is 0.316 e. The lowest BCUT2D eigenvalue weighted by Crippen LogP contribution is -2.27. The fourth-order valence-electron chi connectivity index (χ4n) is 5.30. The quantitative estimate of drug-likeness (QED) is 0.0609. The van der Waals surface area contributed by atoms with Crippen LogP contribution >= 0.6 is 11.8 Å². The topological polar surface area (TPSA) is 97.0 Å². The van der Waals surface area contributed by atoms with Gasteiger partial charge in [-0.1, -0.05) is 103 Å². The van der Waals surface area contributed by atoms with Gasteiger partial charge in [0.1, 0.15) is 12.3 Å². The molecule has 2 rings (SSSR count). The molecular weight excluding hydrogens is 600 g/mol. The molecule has 0 bridgehead atoms. The van der Waals surface area contributed by atoms with Crippen molar-refractivity contribution in [2.75, 3.05) is 51.1 Å². The van der Waals surface area contributed by atoms with Crippen molar-refractivity contribution in [2.24, 2.45) is 0 Å². The lowest BCUT2D eigenvalue weighted by molar-refractivity contribution is -0.460. The number of thioether (sulfide) groups is 1. The molecule has 46 heavy (non-hydrogen) atoms. The highest BCUT2D eigenvalue weighted by molar-refractivity contribution is 7.99. The molecule has 0 aromatic carbocycles. The summed E-state index contributed by atoms with van der Waals surface area (Å²) in [7, 11) is 0. The number of unbranched alkanes of at least 4 members (excludes halogenated alkanes) is 15. The molecule has 1 aliphatic heterocycles. The summed E-state index contributed by atoms with van der Waals surface area (Å²) in [6.45, 7) is 6.44. The van der Waals surface area contributed by atoms with Crippen molar-refractivity contribution >= 4 is 23.9 Å². The van der Waals surface area contributed by atoms with Crippen LogP contribution in [0.25, 0.3) is 0 Å². The van der Waals surface area contributed by atoms with Crippen LogP contribution in [-0.4, -0.2) is 94.0 Å². The Balaban J connectivity index is 1.44. The van der Waals surface area contributed by atoms with Crippen molar-refractivity contribution in [1.82, 2.24) is 14.9 Å². The van der Waals surface area contributed by atoms with Gasteiger partial charge in [-0.25, -0.2) is 9.97 Å². The Morgan fingerprint density at radius 3 is 2.17 bits per heavy atom. The van der Waals surface area contributed by atoms with Gasteiger partial charge in [0.15, 0.2) is 6.20 Å². The van der Waals surface area contributed by atoms with Gasteiger partial charge in [0.05, 0.1) is 32.4 Å². The van der Waals surface area contributed by atoms with E-state index in [4.69, 9.17) is 19.3 Å². The first kappa shape index (κ1) is 40.0. The second kappa shape index (κ2) is 29.0. The Kier molecular flexibility index (Phi) is 25.2. The van der Waals surface area contributed by atoms with Crippen LogP contribution in [0.4, 0.5) is 0 Å². The Hall–Kier alpha value is -2.17. The Morgan fingerprint density at radius 1 is 0.913 bits per heavy atom. The minimum atomic E-state index is -0.771. The summed E-state index contributed by atoms with van der Waals surface area (Å²) in [5.74, 6) is 0.891. The number of carboxylic acid groups (broad SMARTS) is 1. The van der Waals surface area contributed by atoms with E-state index in [9.17, 15) is 4.79 Å². The summed E-state index contributed by atoms with van der Waals surface area (Å²) in [6.07, 6.45) is 31.8. The van der Waals surface area contributed by atoms with E-state index >= 15 is 0 Å². The van der Waals surface area contributed by atoms with E-state index < -0.39 is 5.97 Å². The number of ether oxygens (including phenoxy) is 3. The number of hydrogen-bond donors (Lipinski definition) is 1. The molecule has 0 aliphatic carbocycles. The van der Waals surface area contributed by atoms with Crippen molar-refractivity contribution in [2.45, 2.75) is 129 Å². The molecule has 0 amide bonds. The molecule has 1 atom stereocenters. The predicted molar refractivity (Wildman–Crippen MR) is 189 cm³/mol. The summed E-state index contributed by atoms with van der Waals surface area (Å²) in [5, 5.41) is 8.77. The number of carboxylic acids is 1. The standard InChI is InChI=1S/C36H62N4O5S/c1-2-3-4-5-6-7-8-9-10-11-12-13-14-15-16-17-27-44-31-34(45-36-37-21-19-22-38-36)32-46-30-29-43-28-26-40-25-24-39(33-40)23-18-20-35(41)42/h19,21-25,34H,2-18,20,26-33H2,1H3/p+1. The van der Waals surface area contributed by atoms with Crippen molar-refractivity contribution in [3.63, 3.8) is 0 Å². The van der Waals surface area contributed by atoms with Crippen LogP contribution in [0.1, 0.15) is 122 Å². The molecule has 1 N–H and O–H groups in total. The molecule has 1 aromatic rings. The zero-order valence-corrected chi connectivity index (χ0v) is 29.5. The van der Waals surface area contributed by atoms with Gasteiger partial charge in [-0.3, -0.25) is 4.79 Å². The lowest BCUT2D eigenvalue weighted by Gasteiger charge is -2.18. The van der Waals surface area contributed by atoms with Crippen LogP contribution in [0, 0.1) is 0 Å². The molecule has 0 saturated carbocycles. The fraction of sp³-hybridized carbons (Fsp3) is 0.778. The van der Waals surface area contributed by atoms with E-state index in [-0.39, 0.29) is 12.5 Å². The van der Waals surface area contributed by atoms with Gasteiger partial charge >= 0.3 is 12.0 Å². The first-order valence-corrected chi connectivity index (χ1v) is 19.2. The molecule has 9 nitrogen and oxygen atoms in total. The average molecular weight is 664 g/mol. The zero-order valence-electron chi connectivity index (χ0n) is 28.7. The normalized spacial score (nSPS) is 14.4. The molecule has 1 aromatic heterocycles. The number of carbonyl (C=O) groups is 1. The van der Waals surface area contributed by atoms with E-state index in [2.05, 4.69) is 21.8 Å². The Labute approximate surface area is 283 Å². The van der Waals surface area contributed by atoms with E-state index in [0.29, 0.717) is 32.3 Å². The zero-order chi connectivity index (χ0) is 32.8. The summed E-state index contributed by atoms with van der Waals surface area (Å²) < 4.78 is 19.9. The molecule has 262 valence electrons. The number of nitrogens with zero attached hydrogens (tertiary/aromatic N) is 4. The van der Waals surface area contributed by atoms with Crippen LogP contribution < -0.4 is 4.74 Å². The highest BCUT2D eigenvalue weighted by Crippen LogP contribution is 2.14. The van der Waals surface area contributed by atoms with Gasteiger partial charge in [-0.2, -0.15) is 16.3 Å². The maximum absolute atomic E-state index is 10.7. The minimum Gasteiger partial charge on any atom is -0.481 e. The fourth-order valence-corrected chi connectivity index (χ4v) is 6.13. The molecule has 0 saturated heterocycles. The Morgan fingerprint density at radius 2 is 1.54 bits per heavy atom. The second-order valence-electron chi connectivity index (χ2n) is 12.2. The number of rotatable bonds is 32. The predicted octanol–water partition coefficient (Wildman–Crippen LogP) is 7.94. The number of aromatic nitrogens is 2. The van der Waals surface area contributed by atoms with Crippen molar-refractivity contribution in [3.05, 3.63) is 30.9 Å². The van der Waals surface area contributed by atoms with Gasteiger partial charge in [0, 0.05) is 43.5 Å². The molecule has 1 unspecified atom stereocenters. The van der Waals surface area contributed by atoms with E-state index in [1.807, 2.05) is 23.2 Å². The molecular formula is C36H63N4O5S+. The Bertz CT molecular complexity index is 921. The molecule has 10 heteroatoms. The number of hydrogen-bond acceptors (Lipinski definition) is 8. The van der Waals surface area contributed by atoms with Crippen LogP contribution in [-0.2, 0) is 14.3 Å². The third-order valence-corrected chi connectivity index (χ3v) is 9.06. The molecule has 0 radical (unpaired) electrons. The summed E-state index contributed by atoms with van der Waals surface area (Å²) in [6, 6.07) is 2.18. The molecule has 0 fully saturated rings. The van der Waals surface area contributed by atoms with Crippen LogP contribution in [0.15, 0.2) is 30.9 Å². The SMILES string of the molecule is CCCCCCCCCCCCCCCCCCOCC(CSCCOCCN1C=C[N+](=CCCC(=O)O)C1)Oc1ncccn1. The third-order valence-electron chi connectivity index (χ3n) is 7.99. The van der Waals surface area contributed by atoms with Gasteiger partial charge in [0.25, 0.3) is 0 Å². The van der Waals surface area contributed by atoms with Crippen molar-refractivity contribution in [3.8, 4) is 6.01 Å². The average Bonchev–Trinajstić information content (AvgIpc) is 3.51. The van der Waals surface area contributed by atoms with Gasteiger partial charge < -0.3 is 24.2 Å². The maximum Gasteiger partial charge on any atom is 0.316 e. The van der Waals surface area contributed by atoms with Gasteiger partial charge in [-0.05, 0) is 12.5 Å². The number of aliphatic carboxylic acids is 1. The summed E-state index contributed by atoms with van der Waals surface area (Å²) >= 11 is 1.79. The molecule has 1 aliphatic rings. The van der Waals surface area contributed by atoms with E-state index in [1.54, 1.807) is 30.2 Å². The molecule has 0 spiro atoms. The lowest BCUT2D eigenvalue weighted by atomic mass is 10.0. The third kappa shape index (κ3) is 23.2. The maximum atomic E-state index is 10.7. The highest BCUT2D eigenvalue weighted by Gasteiger charge is 2.15. The van der Waals surface area contributed by atoms with Crippen LogP contribution in [0.2, 0.25) is 0 Å². The van der Waals surface area contributed by atoms with Crippen molar-refractivity contribution < 1.29 is 28.7 Å². The van der Waals surface area contributed by atoms with Crippen LogP contribution in [0.3, 0.4) is 0 Å². The largest absolute Gasteiger partial charge is 0.481 e. The van der Waals surface area contributed by atoms with Crippen LogP contribution in [0.5, 0.6) is 6.01 Å². The van der Waals surface area contributed by atoms with E-state index in [0.717, 1.165) is 37.7 Å². The summed E-state index contributed by atoms with van der Waals surface area (Å²) in [4.78, 5) is 21.3. The van der Waals surface area contributed by atoms with E-state index in [1.165, 1.54) is 96.3 Å². The molecule has 2 heterocycles. The minimum absolute atomic E-state index is 0.105.